The van der Waals surface area contributed by atoms with E-state index in [0.717, 1.165) is 12.8 Å². The van der Waals surface area contributed by atoms with Crippen LogP contribution in [0.1, 0.15) is 44.2 Å². The summed E-state index contributed by atoms with van der Waals surface area (Å²) in [5, 5.41) is 5.44. The maximum absolute atomic E-state index is 2.35. The van der Waals surface area contributed by atoms with E-state index in [1.807, 2.05) is 0 Å². The van der Waals surface area contributed by atoms with Gasteiger partial charge >= 0.3 is 0 Å². The molecule has 0 bridgehead atoms. The van der Waals surface area contributed by atoms with E-state index < -0.39 is 0 Å². The van der Waals surface area contributed by atoms with Gasteiger partial charge in [-0.3, -0.25) is 0 Å². The maximum atomic E-state index is 2.35. The van der Waals surface area contributed by atoms with Crippen molar-refractivity contribution in [2.75, 3.05) is 0 Å². The summed E-state index contributed by atoms with van der Waals surface area (Å²) in [5.41, 5.74) is 2.98. The van der Waals surface area contributed by atoms with Gasteiger partial charge in [0.2, 0.25) is 0 Å². The van der Waals surface area contributed by atoms with Gasteiger partial charge in [0.1, 0.15) is 0 Å². The molecular formula is C26H26. The first-order valence-corrected chi connectivity index (χ1v) is 9.76. The van der Waals surface area contributed by atoms with Crippen molar-refractivity contribution in [3.8, 4) is 0 Å². The Morgan fingerprint density at radius 1 is 0.577 bits per heavy atom. The smallest absolute Gasteiger partial charge is 0.0212 e. The quantitative estimate of drug-likeness (QED) is 0.353. The highest BCUT2D eigenvalue weighted by molar-refractivity contribution is 5.91. The summed E-state index contributed by atoms with van der Waals surface area (Å²) in [7, 11) is 0. The molecule has 0 heterocycles. The molecule has 0 fully saturated rings. The molecule has 0 saturated carbocycles. The molecule has 0 spiro atoms. The second kappa shape index (κ2) is 6.96. The van der Waals surface area contributed by atoms with E-state index in [-0.39, 0.29) is 5.41 Å². The van der Waals surface area contributed by atoms with Crippen molar-refractivity contribution in [3.63, 3.8) is 0 Å². The summed E-state index contributed by atoms with van der Waals surface area (Å²) in [5.74, 6) is 0. The van der Waals surface area contributed by atoms with E-state index in [0.29, 0.717) is 0 Å². The van der Waals surface area contributed by atoms with Gasteiger partial charge in [-0.25, -0.2) is 0 Å². The predicted octanol–water partition coefficient (Wildman–Crippen LogP) is 7.49. The highest BCUT2D eigenvalue weighted by atomic mass is 14.4. The largest absolute Gasteiger partial charge is 0.0653 e. The Bertz CT molecular complexity index is 952. The molecule has 0 aliphatic carbocycles. The Morgan fingerprint density at radius 3 is 1.50 bits per heavy atom. The van der Waals surface area contributed by atoms with Crippen molar-refractivity contribution < 1.29 is 0 Å². The first-order valence-electron chi connectivity index (χ1n) is 9.76. The van der Waals surface area contributed by atoms with E-state index in [2.05, 4.69) is 98.8 Å². The zero-order valence-corrected chi connectivity index (χ0v) is 15.7. The van der Waals surface area contributed by atoms with E-state index in [9.17, 15) is 0 Å². The van der Waals surface area contributed by atoms with Crippen LogP contribution in [0.5, 0.6) is 0 Å². The van der Waals surface area contributed by atoms with Crippen LogP contribution in [0.3, 0.4) is 0 Å². The zero-order chi connectivity index (χ0) is 18.0. The minimum absolute atomic E-state index is 0.0382. The molecule has 130 valence electrons. The lowest BCUT2D eigenvalue weighted by atomic mass is 9.67. The third kappa shape index (κ3) is 2.61. The third-order valence-electron chi connectivity index (χ3n) is 5.89. The van der Waals surface area contributed by atoms with Crippen molar-refractivity contribution >= 4 is 21.5 Å². The van der Waals surface area contributed by atoms with Crippen LogP contribution >= 0.6 is 0 Å². The Balaban J connectivity index is 2.08. The number of rotatable bonds is 5. The average Bonchev–Trinajstić information content (AvgIpc) is 2.71. The van der Waals surface area contributed by atoms with Gasteiger partial charge in [0.25, 0.3) is 0 Å². The lowest BCUT2D eigenvalue weighted by Gasteiger charge is -2.36. The molecule has 0 nitrogen and oxygen atoms in total. The van der Waals surface area contributed by atoms with Gasteiger partial charge in [-0.2, -0.15) is 0 Å². The molecule has 0 heteroatoms. The molecular weight excluding hydrogens is 312 g/mol. The van der Waals surface area contributed by atoms with Gasteiger partial charge < -0.3 is 0 Å². The predicted molar refractivity (Wildman–Crippen MR) is 114 cm³/mol. The first kappa shape index (κ1) is 16.8. The van der Waals surface area contributed by atoms with Gasteiger partial charge in [-0.1, -0.05) is 105 Å². The van der Waals surface area contributed by atoms with Gasteiger partial charge in [0, 0.05) is 5.41 Å². The number of fused-ring (bicyclic) bond motifs is 2. The van der Waals surface area contributed by atoms with Crippen LogP contribution in [0.4, 0.5) is 0 Å². The first-order chi connectivity index (χ1) is 12.8. The number of hydrogen-bond donors (Lipinski definition) is 0. The SMILES string of the molecule is CCCC(CC)(c1cccc2ccccc12)c1cccc2ccccc12. The molecule has 4 aromatic rings. The molecule has 0 aliphatic rings. The molecule has 4 aromatic carbocycles. The molecule has 0 saturated heterocycles. The van der Waals surface area contributed by atoms with Crippen LogP contribution in [0.25, 0.3) is 21.5 Å². The van der Waals surface area contributed by atoms with Crippen LogP contribution < -0.4 is 0 Å². The Kier molecular flexibility index (Phi) is 4.51. The molecule has 0 amide bonds. The Morgan fingerprint density at radius 2 is 1.04 bits per heavy atom. The lowest BCUT2D eigenvalue weighted by Crippen LogP contribution is -2.27. The molecule has 26 heavy (non-hydrogen) atoms. The van der Waals surface area contributed by atoms with Crippen LogP contribution in [-0.4, -0.2) is 0 Å². The van der Waals surface area contributed by atoms with E-state index >= 15 is 0 Å². The van der Waals surface area contributed by atoms with Crippen molar-refractivity contribution in [2.24, 2.45) is 0 Å². The normalized spacial score (nSPS) is 11.9. The number of hydrogen-bond acceptors (Lipinski definition) is 0. The van der Waals surface area contributed by atoms with Crippen LogP contribution in [0, 0.1) is 0 Å². The highest BCUT2D eigenvalue weighted by Gasteiger charge is 2.34. The van der Waals surface area contributed by atoms with Gasteiger partial charge in [-0.15, -0.1) is 0 Å². The summed E-state index contributed by atoms with van der Waals surface area (Å²) in [4.78, 5) is 0. The average molecular weight is 338 g/mol. The van der Waals surface area contributed by atoms with Crippen LogP contribution in [0.15, 0.2) is 84.9 Å². The Hall–Kier alpha value is -2.60. The summed E-state index contributed by atoms with van der Waals surface area (Å²) in [6.45, 7) is 4.65. The Labute approximate surface area is 156 Å². The summed E-state index contributed by atoms with van der Waals surface area (Å²) >= 11 is 0. The summed E-state index contributed by atoms with van der Waals surface area (Å²) in [6.07, 6.45) is 3.43. The lowest BCUT2D eigenvalue weighted by molar-refractivity contribution is 0.457. The topological polar surface area (TPSA) is 0 Å². The van der Waals surface area contributed by atoms with Crippen molar-refractivity contribution in [2.45, 2.75) is 38.5 Å². The fourth-order valence-electron chi connectivity index (χ4n) is 4.68. The third-order valence-corrected chi connectivity index (χ3v) is 5.89. The number of benzene rings is 4. The van der Waals surface area contributed by atoms with Crippen molar-refractivity contribution in [1.82, 2.24) is 0 Å². The fraction of sp³-hybridized carbons (Fsp3) is 0.231. The minimum Gasteiger partial charge on any atom is -0.0653 e. The maximum Gasteiger partial charge on any atom is 0.0212 e. The van der Waals surface area contributed by atoms with Gasteiger partial charge in [0.15, 0.2) is 0 Å². The molecule has 0 aliphatic heterocycles. The molecule has 0 atom stereocenters. The van der Waals surface area contributed by atoms with E-state index in [1.54, 1.807) is 0 Å². The van der Waals surface area contributed by atoms with Crippen molar-refractivity contribution in [1.29, 1.82) is 0 Å². The van der Waals surface area contributed by atoms with E-state index in [4.69, 9.17) is 0 Å². The second-order valence-corrected chi connectivity index (χ2v) is 7.24. The molecule has 0 N–H and O–H groups in total. The van der Waals surface area contributed by atoms with Crippen LogP contribution in [-0.2, 0) is 5.41 Å². The molecule has 4 rings (SSSR count). The summed E-state index contributed by atoms with van der Waals surface area (Å²) < 4.78 is 0. The van der Waals surface area contributed by atoms with Gasteiger partial charge in [0.05, 0.1) is 0 Å². The highest BCUT2D eigenvalue weighted by Crippen LogP contribution is 2.45. The minimum atomic E-state index is 0.0382. The molecule has 0 radical (unpaired) electrons. The van der Waals surface area contributed by atoms with Gasteiger partial charge in [-0.05, 0) is 45.5 Å². The van der Waals surface area contributed by atoms with Crippen LogP contribution in [0.2, 0.25) is 0 Å². The summed E-state index contributed by atoms with van der Waals surface area (Å²) in [6, 6.07) is 31.3. The fourth-order valence-corrected chi connectivity index (χ4v) is 4.68. The molecule has 0 aromatic heterocycles. The van der Waals surface area contributed by atoms with Crippen molar-refractivity contribution in [3.05, 3.63) is 96.1 Å². The molecule has 0 unspecified atom stereocenters. The van der Waals surface area contributed by atoms with E-state index in [1.165, 1.54) is 39.1 Å². The monoisotopic (exact) mass is 338 g/mol. The zero-order valence-electron chi connectivity index (χ0n) is 15.7. The second-order valence-electron chi connectivity index (χ2n) is 7.24. The standard InChI is InChI=1S/C26H26/c1-3-19-26(4-2,24-17-9-13-20-11-5-7-15-22(20)24)25-18-10-14-21-12-6-8-16-23(21)25/h5-18H,3-4,19H2,1-2H3.